The molecule has 0 saturated carbocycles. The lowest BCUT2D eigenvalue weighted by Crippen LogP contribution is -2.29. The average molecular weight is 393 g/mol. The van der Waals surface area contributed by atoms with Crippen LogP contribution < -0.4 is 0 Å². The SMILES string of the molecule is Cc1cc([C@@H]2[C@H](c3ccccn3)N=C3S[C@@H](C)CN32)c(C)n1Cc1ccco1. The molecule has 0 unspecified atom stereocenters. The zero-order chi connectivity index (χ0) is 19.3. The van der Waals surface area contributed by atoms with Crippen molar-refractivity contribution in [1.82, 2.24) is 14.5 Å². The normalized spacial score (nSPS) is 23.9. The molecule has 0 aliphatic carbocycles. The summed E-state index contributed by atoms with van der Waals surface area (Å²) in [5.74, 6) is 0.975. The minimum atomic E-state index is 0.0359. The van der Waals surface area contributed by atoms with E-state index in [1.807, 2.05) is 36.2 Å². The van der Waals surface area contributed by atoms with Gasteiger partial charge in [0.15, 0.2) is 5.17 Å². The third-order valence-electron chi connectivity index (χ3n) is 5.71. The van der Waals surface area contributed by atoms with Crippen LogP contribution in [0.2, 0.25) is 0 Å². The summed E-state index contributed by atoms with van der Waals surface area (Å²) in [6.45, 7) is 8.45. The van der Waals surface area contributed by atoms with Crippen LogP contribution in [0.25, 0.3) is 0 Å². The Balaban J connectivity index is 1.56. The molecule has 0 radical (unpaired) electrons. The van der Waals surface area contributed by atoms with E-state index in [9.17, 15) is 0 Å². The van der Waals surface area contributed by atoms with Crippen molar-refractivity contribution in [2.24, 2.45) is 4.99 Å². The molecule has 0 bridgehead atoms. The summed E-state index contributed by atoms with van der Waals surface area (Å²) >= 11 is 1.88. The molecule has 2 aliphatic rings. The topological polar surface area (TPSA) is 46.6 Å². The predicted molar refractivity (Wildman–Crippen MR) is 113 cm³/mol. The molecule has 5 nitrogen and oxygen atoms in total. The first-order valence-corrected chi connectivity index (χ1v) is 10.6. The van der Waals surface area contributed by atoms with Gasteiger partial charge in [-0.05, 0) is 49.7 Å². The fraction of sp³-hybridized carbons (Fsp3) is 0.364. The predicted octanol–water partition coefficient (Wildman–Crippen LogP) is 4.73. The fourth-order valence-electron chi connectivity index (χ4n) is 4.38. The van der Waals surface area contributed by atoms with Gasteiger partial charge in [-0.15, -0.1) is 0 Å². The number of pyridine rings is 1. The molecule has 2 aliphatic heterocycles. The Hall–Kier alpha value is -2.47. The van der Waals surface area contributed by atoms with E-state index >= 15 is 0 Å². The third-order valence-corrected chi connectivity index (χ3v) is 6.81. The highest BCUT2D eigenvalue weighted by Gasteiger charge is 2.44. The Morgan fingerprint density at radius 1 is 1.21 bits per heavy atom. The van der Waals surface area contributed by atoms with Crippen molar-refractivity contribution in [2.45, 2.75) is 44.6 Å². The monoisotopic (exact) mass is 392 g/mol. The van der Waals surface area contributed by atoms with Crippen LogP contribution in [0.1, 0.15) is 47.4 Å². The van der Waals surface area contributed by atoms with Gasteiger partial charge in [0.1, 0.15) is 11.8 Å². The van der Waals surface area contributed by atoms with E-state index in [1.165, 1.54) is 17.0 Å². The van der Waals surface area contributed by atoms with Gasteiger partial charge in [-0.2, -0.15) is 0 Å². The number of hydrogen-bond acceptors (Lipinski definition) is 5. The van der Waals surface area contributed by atoms with Crippen LogP contribution in [-0.4, -0.2) is 31.4 Å². The summed E-state index contributed by atoms with van der Waals surface area (Å²) < 4.78 is 7.93. The van der Waals surface area contributed by atoms with Gasteiger partial charge in [-0.25, -0.2) is 0 Å². The van der Waals surface area contributed by atoms with Gasteiger partial charge >= 0.3 is 0 Å². The molecule has 0 amide bonds. The highest BCUT2D eigenvalue weighted by Crippen LogP contribution is 2.48. The van der Waals surface area contributed by atoms with Gasteiger partial charge in [0, 0.05) is 29.4 Å². The molecule has 3 aromatic heterocycles. The van der Waals surface area contributed by atoms with Crippen molar-refractivity contribution in [3.63, 3.8) is 0 Å². The molecule has 5 rings (SSSR count). The molecule has 3 aromatic rings. The Kier molecular flexibility index (Phi) is 4.31. The van der Waals surface area contributed by atoms with Crippen molar-refractivity contribution in [3.8, 4) is 0 Å². The Labute approximate surface area is 169 Å². The number of furan rings is 1. The molecule has 0 aromatic carbocycles. The maximum atomic E-state index is 5.59. The third kappa shape index (κ3) is 2.87. The van der Waals surface area contributed by atoms with E-state index < -0.39 is 0 Å². The first-order chi connectivity index (χ1) is 13.6. The zero-order valence-corrected chi connectivity index (χ0v) is 17.2. The summed E-state index contributed by atoms with van der Waals surface area (Å²) in [6, 6.07) is 12.6. The van der Waals surface area contributed by atoms with Crippen LogP contribution in [0.3, 0.4) is 0 Å². The van der Waals surface area contributed by atoms with Gasteiger partial charge in [0.2, 0.25) is 0 Å². The van der Waals surface area contributed by atoms with Gasteiger partial charge in [-0.1, -0.05) is 24.8 Å². The molecule has 0 spiro atoms. The van der Waals surface area contributed by atoms with E-state index in [0.29, 0.717) is 5.25 Å². The molecular weight excluding hydrogens is 368 g/mol. The second-order valence-electron chi connectivity index (χ2n) is 7.63. The average Bonchev–Trinajstić information content (AvgIpc) is 3.44. The van der Waals surface area contributed by atoms with Crippen LogP contribution in [-0.2, 0) is 6.54 Å². The number of amidine groups is 1. The standard InChI is InChI=1S/C22H24N4OS/c1-14-11-18(16(3)25(14)13-17-7-6-10-27-17)21-20(19-8-4-5-9-23-19)24-22-26(21)12-15(2)28-22/h4-11,15,20-21H,12-13H2,1-3H3/t15-,20-,21+/m0/s1. The van der Waals surface area contributed by atoms with E-state index in [4.69, 9.17) is 9.41 Å². The maximum Gasteiger partial charge on any atom is 0.160 e. The van der Waals surface area contributed by atoms with Gasteiger partial charge in [-0.3, -0.25) is 9.98 Å². The maximum absolute atomic E-state index is 5.59. The number of rotatable bonds is 4. The number of aliphatic imine (C=N–C) groups is 1. The smallest absolute Gasteiger partial charge is 0.160 e. The van der Waals surface area contributed by atoms with Crippen molar-refractivity contribution < 1.29 is 4.42 Å². The molecule has 3 atom stereocenters. The summed E-state index contributed by atoms with van der Waals surface area (Å²) in [4.78, 5) is 12.2. The molecule has 5 heterocycles. The first kappa shape index (κ1) is 17.6. The molecular formula is C22H24N4OS. The van der Waals surface area contributed by atoms with Gasteiger partial charge in [0.25, 0.3) is 0 Å². The second-order valence-corrected chi connectivity index (χ2v) is 9.03. The lowest BCUT2D eigenvalue weighted by Gasteiger charge is -2.27. The van der Waals surface area contributed by atoms with E-state index in [1.54, 1.807) is 6.26 Å². The summed E-state index contributed by atoms with van der Waals surface area (Å²) in [6.07, 6.45) is 3.60. The van der Waals surface area contributed by atoms with Gasteiger partial charge < -0.3 is 13.9 Å². The molecule has 1 fully saturated rings. The van der Waals surface area contributed by atoms with Crippen LogP contribution in [0.15, 0.2) is 58.3 Å². The van der Waals surface area contributed by atoms with Crippen LogP contribution in [0, 0.1) is 13.8 Å². The Morgan fingerprint density at radius 2 is 2.11 bits per heavy atom. The molecule has 0 N–H and O–H groups in total. The van der Waals surface area contributed by atoms with Crippen LogP contribution in [0.4, 0.5) is 0 Å². The van der Waals surface area contributed by atoms with Crippen molar-refractivity contribution in [1.29, 1.82) is 0 Å². The lowest BCUT2D eigenvalue weighted by molar-refractivity contribution is 0.320. The van der Waals surface area contributed by atoms with Crippen molar-refractivity contribution in [3.05, 3.63) is 77.3 Å². The van der Waals surface area contributed by atoms with E-state index in [2.05, 4.69) is 53.4 Å². The van der Waals surface area contributed by atoms with Crippen LogP contribution >= 0.6 is 11.8 Å². The van der Waals surface area contributed by atoms with Crippen LogP contribution in [0.5, 0.6) is 0 Å². The highest BCUT2D eigenvalue weighted by atomic mass is 32.2. The number of aromatic nitrogens is 2. The fourth-order valence-corrected chi connectivity index (χ4v) is 5.48. The first-order valence-electron chi connectivity index (χ1n) is 9.73. The van der Waals surface area contributed by atoms with E-state index in [0.717, 1.165) is 29.7 Å². The number of aryl methyl sites for hydroxylation is 1. The number of thioether (sulfide) groups is 1. The van der Waals surface area contributed by atoms with Crippen molar-refractivity contribution >= 4 is 16.9 Å². The zero-order valence-electron chi connectivity index (χ0n) is 16.4. The Morgan fingerprint density at radius 3 is 2.86 bits per heavy atom. The lowest BCUT2D eigenvalue weighted by atomic mass is 9.96. The number of nitrogens with zero attached hydrogens (tertiary/aromatic N) is 4. The number of fused-ring (bicyclic) bond motifs is 1. The minimum absolute atomic E-state index is 0.0359. The summed E-state index contributed by atoms with van der Waals surface area (Å²) in [5, 5.41) is 1.72. The molecule has 1 saturated heterocycles. The van der Waals surface area contributed by atoms with Gasteiger partial charge in [0.05, 0.1) is 24.5 Å². The second kappa shape index (κ2) is 6.85. The molecule has 144 valence electrons. The van der Waals surface area contributed by atoms with E-state index in [-0.39, 0.29) is 12.1 Å². The largest absolute Gasteiger partial charge is 0.467 e. The van der Waals surface area contributed by atoms with Crippen molar-refractivity contribution in [2.75, 3.05) is 6.54 Å². The Bertz CT molecular complexity index is 1010. The molecule has 6 heteroatoms. The number of hydrogen-bond donors (Lipinski definition) is 0. The highest BCUT2D eigenvalue weighted by molar-refractivity contribution is 8.14. The minimum Gasteiger partial charge on any atom is -0.467 e. The summed E-state index contributed by atoms with van der Waals surface area (Å²) in [7, 11) is 0. The summed E-state index contributed by atoms with van der Waals surface area (Å²) in [5.41, 5.74) is 4.91. The molecule has 28 heavy (non-hydrogen) atoms. The quantitative estimate of drug-likeness (QED) is 0.644.